The number of ether oxygens (including phenoxy) is 1. The van der Waals surface area contributed by atoms with Crippen molar-refractivity contribution in [3.8, 4) is 0 Å². The van der Waals surface area contributed by atoms with Crippen LogP contribution in [0, 0.1) is 5.92 Å². The Morgan fingerprint density at radius 1 is 1.45 bits per heavy atom. The predicted molar refractivity (Wildman–Crippen MR) is 79.1 cm³/mol. The Labute approximate surface area is 120 Å². The van der Waals surface area contributed by atoms with Crippen LogP contribution >= 0.6 is 0 Å². The molecular formula is C15H23N3O2. The average Bonchev–Trinajstić information content (AvgIpc) is 2.48. The molecule has 0 spiro atoms. The number of pyridine rings is 1. The summed E-state index contributed by atoms with van der Waals surface area (Å²) in [6.07, 6.45) is 4.24. The van der Waals surface area contributed by atoms with Crippen molar-refractivity contribution in [1.82, 2.24) is 10.3 Å². The second-order valence-corrected chi connectivity index (χ2v) is 5.32. The molecule has 0 unspecified atom stereocenters. The Kier molecular flexibility index (Phi) is 5.35. The fourth-order valence-electron chi connectivity index (χ4n) is 2.33. The minimum atomic E-state index is -0.152. The first-order valence-electron chi connectivity index (χ1n) is 7.19. The molecule has 0 atom stereocenters. The van der Waals surface area contributed by atoms with Crippen molar-refractivity contribution in [1.29, 1.82) is 0 Å². The number of carbonyl (C=O) groups is 1. The van der Waals surface area contributed by atoms with Gasteiger partial charge in [-0.1, -0.05) is 6.92 Å². The highest BCUT2D eigenvalue weighted by Gasteiger charge is 2.16. The van der Waals surface area contributed by atoms with Crippen molar-refractivity contribution in [2.45, 2.75) is 19.8 Å². The number of piperidine rings is 1. The lowest BCUT2D eigenvalue weighted by Crippen LogP contribution is -2.33. The van der Waals surface area contributed by atoms with Crippen LogP contribution in [0.4, 0.5) is 5.69 Å². The smallest absolute Gasteiger partial charge is 0.269 e. The Bertz CT molecular complexity index is 425. The topological polar surface area (TPSA) is 54.5 Å². The van der Waals surface area contributed by atoms with Crippen molar-refractivity contribution in [3.05, 3.63) is 24.0 Å². The molecule has 5 nitrogen and oxygen atoms in total. The predicted octanol–water partition coefficient (Wildman–Crippen LogP) is 1.69. The highest BCUT2D eigenvalue weighted by Crippen LogP contribution is 2.22. The summed E-state index contributed by atoms with van der Waals surface area (Å²) in [6, 6.07) is 3.77. The molecule has 2 heterocycles. The van der Waals surface area contributed by atoms with E-state index < -0.39 is 0 Å². The molecule has 0 aromatic carbocycles. The van der Waals surface area contributed by atoms with E-state index in [-0.39, 0.29) is 5.91 Å². The number of hydrogen-bond acceptors (Lipinski definition) is 4. The number of nitrogens with zero attached hydrogens (tertiary/aromatic N) is 2. The first-order valence-corrected chi connectivity index (χ1v) is 7.19. The van der Waals surface area contributed by atoms with Crippen LogP contribution in [0.3, 0.4) is 0 Å². The lowest BCUT2D eigenvalue weighted by molar-refractivity contribution is 0.0932. The monoisotopic (exact) mass is 277 g/mol. The van der Waals surface area contributed by atoms with Gasteiger partial charge in [0.15, 0.2) is 0 Å². The molecular weight excluding hydrogens is 254 g/mol. The molecule has 0 bridgehead atoms. The molecule has 1 fully saturated rings. The van der Waals surface area contributed by atoms with Crippen molar-refractivity contribution < 1.29 is 9.53 Å². The van der Waals surface area contributed by atoms with Gasteiger partial charge in [-0.3, -0.25) is 4.79 Å². The highest BCUT2D eigenvalue weighted by atomic mass is 16.5. The van der Waals surface area contributed by atoms with Gasteiger partial charge in [0.2, 0.25) is 0 Å². The Morgan fingerprint density at radius 2 is 2.20 bits per heavy atom. The number of amides is 1. The SMILES string of the molecule is COCCNC(=O)c1ccc(N2CCC(C)CC2)cn1. The third-order valence-electron chi connectivity index (χ3n) is 3.72. The molecule has 2 rings (SSSR count). The van der Waals surface area contributed by atoms with Crippen LogP contribution < -0.4 is 10.2 Å². The zero-order valence-corrected chi connectivity index (χ0v) is 12.3. The van der Waals surface area contributed by atoms with Gasteiger partial charge in [0.05, 0.1) is 18.5 Å². The molecule has 5 heteroatoms. The molecule has 20 heavy (non-hydrogen) atoms. The van der Waals surface area contributed by atoms with Crippen LogP contribution in [0.1, 0.15) is 30.3 Å². The number of aromatic nitrogens is 1. The van der Waals surface area contributed by atoms with Gasteiger partial charge in [0, 0.05) is 26.7 Å². The lowest BCUT2D eigenvalue weighted by atomic mass is 9.99. The number of nitrogens with one attached hydrogen (secondary N) is 1. The molecule has 0 aliphatic carbocycles. The normalized spacial score (nSPS) is 16.2. The first kappa shape index (κ1) is 14.8. The standard InChI is InChI=1S/C15H23N3O2/c1-12-5-8-18(9-6-12)13-3-4-14(17-11-13)15(19)16-7-10-20-2/h3-4,11-12H,5-10H2,1-2H3,(H,16,19). The minimum absolute atomic E-state index is 0.152. The van der Waals surface area contributed by atoms with Crippen LogP contribution in [-0.4, -0.2) is 44.2 Å². The van der Waals surface area contributed by atoms with Gasteiger partial charge in [-0.2, -0.15) is 0 Å². The zero-order chi connectivity index (χ0) is 14.4. The molecule has 1 aromatic heterocycles. The maximum Gasteiger partial charge on any atom is 0.269 e. The number of anilines is 1. The van der Waals surface area contributed by atoms with Crippen LogP contribution in [0.5, 0.6) is 0 Å². The lowest BCUT2D eigenvalue weighted by Gasteiger charge is -2.31. The molecule has 1 aliphatic rings. The van der Waals surface area contributed by atoms with E-state index in [1.54, 1.807) is 19.4 Å². The van der Waals surface area contributed by atoms with Crippen LogP contribution in [0.2, 0.25) is 0 Å². The number of carbonyl (C=O) groups excluding carboxylic acids is 1. The van der Waals surface area contributed by atoms with E-state index in [4.69, 9.17) is 4.74 Å². The molecule has 1 aliphatic heterocycles. The Hall–Kier alpha value is -1.62. The minimum Gasteiger partial charge on any atom is -0.383 e. The second-order valence-electron chi connectivity index (χ2n) is 5.32. The summed E-state index contributed by atoms with van der Waals surface area (Å²) in [5.74, 6) is 0.658. The van der Waals surface area contributed by atoms with Crippen LogP contribution in [-0.2, 0) is 4.74 Å². The molecule has 0 radical (unpaired) electrons. The first-order chi connectivity index (χ1) is 9.70. The van der Waals surface area contributed by atoms with Gasteiger partial charge in [-0.25, -0.2) is 4.98 Å². The zero-order valence-electron chi connectivity index (χ0n) is 12.3. The summed E-state index contributed by atoms with van der Waals surface area (Å²) >= 11 is 0. The summed E-state index contributed by atoms with van der Waals surface area (Å²) in [6.45, 7) is 5.45. The largest absolute Gasteiger partial charge is 0.383 e. The van der Waals surface area contributed by atoms with Gasteiger partial charge < -0.3 is 15.0 Å². The van der Waals surface area contributed by atoms with Gasteiger partial charge in [0.25, 0.3) is 5.91 Å². The second kappa shape index (κ2) is 7.24. The van der Waals surface area contributed by atoms with E-state index in [0.29, 0.717) is 18.8 Å². The van der Waals surface area contributed by atoms with E-state index in [0.717, 1.165) is 24.7 Å². The molecule has 1 N–H and O–H groups in total. The maximum atomic E-state index is 11.8. The maximum absolute atomic E-state index is 11.8. The van der Waals surface area contributed by atoms with Crippen molar-refractivity contribution >= 4 is 11.6 Å². The van der Waals surface area contributed by atoms with Gasteiger partial charge in [0.1, 0.15) is 5.69 Å². The Morgan fingerprint density at radius 3 is 2.80 bits per heavy atom. The highest BCUT2D eigenvalue weighted by molar-refractivity contribution is 5.92. The van der Waals surface area contributed by atoms with E-state index in [1.807, 2.05) is 6.07 Å². The van der Waals surface area contributed by atoms with Gasteiger partial charge in [-0.05, 0) is 30.9 Å². The van der Waals surface area contributed by atoms with E-state index in [1.165, 1.54) is 12.8 Å². The summed E-state index contributed by atoms with van der Waals surface area (Å²) in [5.41, 5.74) is 1.56. The molecule has 0 saturated carbocycles. The van der Waals surface area contributed by atoms with E-state index in [2.05, 4.69) is 22.1 Å². The average molecular weight is 277 g/mol. The van der Waals surface area contributed by atoms with Crippen molar-refractivity contribution in [2.75, 3.05) is 38.3 Å². The molecule has 110 valence electrons. The number of hydrogen-bond donors (Lipinski definition) is 1. The third kappa shape index (κ3) is 3.93. The van der Waals surface area contributed by atoms with Crippen molar-refractivity contribution in [2.24, 2.45) is 5.92 Å². The summed E-state index contributed by atoms with van der Waals surface area (Å²) < 4.78 is 4.89. The van der Waals surface area contributed by atoms with E-state index in [9.17, 15) is 4.79 Å². The van der Waals surface area contributed by atoms with Gasteiger partial charge in [-0.15, -0.1) is 0 Å². The third-order valence-corrected chi connectivity index (χ3v) is 3.72. The fraction of sp³-hybridized carbons (Fsp3) is 0.600. The summed E-state index contributed by atoms with van der Waals surface area (Å²) in [7, 11) is 1.61. The van der Waals surface area contributed by atoms with Crippen molar-refractivity contribution in [3.63, 3.8) is 0 Å². The Balaban J connectivity index is 1.90. The molecule has 1 saturated heterocycles. The molecule has 1 aromatic rings. The van der Waals surface area contributed by atoms with Crippen LogP contribution in [0.15, 0.2) is 18.3 Å². The van der Waals surface area contributed by atoms with Crippen LogP contribution in [0.25, 0.3) is 0 Å². The summed E-state index contributed by atoms with van der Waals surface area (Å²) in [4.78, 5) is 18.4. The number of rotatable bonds is 5. The fourth-order valence-corrected chi connectivity index (χ4v) is 2.33. The van der Waals surface area contributed by atoms with Gasteiger partial charge >= 0.3 is 0 Å². The molecule has 1 amide bonds. The van der Waals surface area contributed by atoms with E-state index >= 15 is 0 Å². The number of methoxy groups -OCH3 is 1. The quantitative estimate of drug-likeness (QED) is 0.832. The summed E-state index contributed by atoms with van der Waals surface area (Å²) in [5, 5.41) is 2.76.